The molecule has 0 aliphatic carbocycles. The average Bonchev–Trinajstić information content (AvgIpc) is 2.15. The molecule has 3 heteroatoms. The number of benzene rings is 1. The van der Waals surface area contributed by atoms with Crippen molar-refractivity contribution in [2.45, 2.75) is 26.0 Å². The van der Waals surface area contributed by atoms with Crippen LogP contribution in [0.25, 0.3) is 0 Å². The molecule has 3 nitrogen and oxygen atoms in total. The fourth-order valence-corrected chi connectivity index (χ4v) is 1.37. The van der Waals surface area contributed by atoms with Gasteiger partial charge in [0.05, 0.1) is 19.3 Å². The SMILES string of the molecule is COc1cc(C)cc([C@H](N)C(C)O)c1. The normalized spacial score (nSPS) is 14.9. The fraction of sp³-hybridized carbons (Fsp3) is 0.455. The number of hydrogen-bond acceptors (Lipinski definition) is 3. The highest BCUT2D eigenvalue weighted by atomic mass is 16.5. The summed E-state index contributed by atoms with van der Waals surface area (Å²) in [6, 6.07) is 5.38. The molecule has 0 aliphatic heterocycles. The Morgan fingerprint density at radius 2 is 2.00 bits per heavy atom. The first kappa shape index (κ1) is 11.0. The van der Waals surface area contributed by atoms with Gasteiger partial charge in [-0.05, 0) is 37.1 Å². The van der Waals surface area contributed by atoms with Gasteiger partial charge >= 0.3 is 0 Å². The summed E-state index contributed by atoms with van der Waals surface area (Å²) in [5, 5.41) is 9.36. The number of aryl methyl sites for hydroxylation is 1. The first-order chi connectivity index (χ1) is 6.54. The van der Waals surface area contributed by atoms with Gasteiger partial charge in [0.15, 0.2) is 0 Å². The minimum atomic E-state index is -0.554. The quantitative estimate of drug-likeness (QED) is 0.766. The van der Waals surface area contributed by atoms with E-state index < -0.39 is 6.10 Å². The summed E-state index contributed by atoms with van der Waals surface area (Å²) in [4.78, 5) is 0. The number of nitrogens with two attached hydrogens (primary N) is 1. The lowest BCUT2D eigenvalue weighted by Gasteiger charge is -2.16. The molecule has 2 atom stereocenters. The molecule has 78 valence electrons. The van der Waals surface area contributed by atoms with Gasteiger partial charge in [-0.25, -0.2) is 0 Å². The van der Waals surface area contributed by atoms with E-state index in [9.17, 15) is 5.11 Å². The van der Waals surface area contributed by atoms with Gasteiger partial charge in [-0.1, -0.05) is 6.07 Å². The average molecular weight is 195 g/mol. The van der Waals surface area contributed by atoms with Gasteiger partial charge in [0.1, 0.15) is 5.75 Å². The zero-order valence-electron chi connectivity index (χ0n) is 8.82. The summed E-state index contributed by atoms with van der Waals surface area (Å²) >= 11 is 0. The van der Waals surface area contributed by atoms with Crippen LogP contribution in [0, 0.1) is 6.92 Å². The lowest BCUT2D eigenvalue weighted by Crippen LogP contribution is -2.23. The molecule has 0 fully saturated rings. The van der Waals surface area contributed by atoms with Crippen LogP contribution in [0.15, 0.2) is 18.2 Å². The zero-order valence-corrected chi connectivity index (χ0v) is 8.82. The van der Waals surface area contributed by atoms with Gasteiger partial charge in [-0.15, -0.1) is 0 Å². The summed E-state index contributed by atoms with van der Waals surface area (Å²) in [6.45, 7) is 3.65. The van der Waals surface area contributed by atoms with E-state index in [0.29, 0.717) is 0 Å². The van der Waals surface area contributed by atoms with Crippen LogP contribution in [0.3, 0.4) is 0 Å². The molecule has 0 saturated carbocycles. The van der Waals surface area contributed by atoms with Crippen LogP contribution in [0.1, 0.15) is 24.1 Å². The summed E-state index contributed by atoms with van der Waals surface area (Å²) in [5.74, 6) is 0.774. The molecule has 0 radical (unpaired) electrons. The highest BCUT2D eigenvalue weighted by molar-refractivity contribution is 5.35. The smallest absolute Gasteiger partial charge is 0.119 e. The Bertz CT molecular complexity index is 310. The van der Waals surface area contributed by atoms with Gasteiger partial charge in [0.2, 0.25) is 0 Å². The Balaban J connectivity index is 3.02. The minimum absolute atomic E-state index is 0.358. The number of hydrogen-bond donors (Lipinski definition) is 2. The highest BCUT2D eigenvalue weighted by Gasteiger charge is 2.12. The molecule has 0 bridgehead atoms. The molecule has 0 saturated heterocycles. The predicted octanol–water partition coefficient (Wildman–Crippen LogP) is 1.38. The maximum atomic E-state index is 9.36. The van der Waals surface area contributed by atoms with Crippen molar-refractivity contribution in [3.63, 3.8) is 0 Å². The van der Waals surface area contributed by atoms with E-state index in [1.54, 1.807) is 14.0 Å². The molecule has 0 spiro atoms. The van der Waals surface area contributed by atoms with E-state index >= 15 is 0 Å². The van der Waals surface area contributed by atoms with Gasteiger partial charge in [-0.2, -0.15) is 0 Å². The van der Waals surface area contributed by atoms with Crippen molar-refractivity contribution in [3.05, 3.63) is 29.3 Å². The van der Waals surface area contributed by atoms with Crippen molar-refractivity contribution in [2.75, 3.05) is 7.11 Å². The third-order valence-corrected chi connectivity index (χ3v) is 2.21. The number of methoxy groups -OCH3 is 1. The summed E-state index contributed by atoms with van der Waals surface area (Å²) in [6.07, 6.45) is -0.554. The maximum absolute atomic E-state index is 9.36. The van der Waals surface area contributed by atoms with E-state index in [2.05, 4.69) is 0 Å². The maximum Gasteiger partial charge on any atom is 0.119 e. The second kappa shape index (κ2) is 4.44. The first-order valence-electron chi connectivity index (χ1n) is 4.64. The molecule has 14 heavy (non-hydrogen) atoms. The Hall–Kier alpha value is -1.06. The topological polar surface area (TPSA) is 55.5 Å². The Labute approximate surface area is 84.5 Å². The first-order valence-corrected chi connectivity index (χ1v) is 4.64. The lowest BCUT2D eigenvalue weighted by atomic mass is 10.0. The molecule has 1 aromatic carbocycles. The van der Waals surface area contributed by atoms with Crippen molar-refractivity contribution < 1.29 is 9.84 Å². The lowest BCUT2D eigenvalue weighted by molar-refractivity contribution is 0.164. The van der Waals surface area contributed by atoms with Crippen molar-refractivity contribution in [2.24, 2.45) is 5.73 Å². The molecule has 0 amide bonds. The summed E-state index contributed by atoms with van der Waals surface area (Å²) < 4.78 is 5.13. The van der Waals surface area contributed by atoms with Crippen LogP contribution < -0.4 is 10.5 Å². The molecule has 3 N–H and O–H groups in total. The molecule has 0 heterocycles. The summed E-state index contributed by atoms with van der Waals surface area (Å²) in [5.41, 5.74) is 7.80. The number of ether oxygens (including phenoxy) is 1. The third kappa shape index (κ3) is 2.47. The molecule has 1 aromatic rings. The van der Waals surface area contributed by atoms with Gasteiger partial charge in [0.25, 0.3) is 0 Å². The van der Waals surface area contributed by atoms with Crippen molar-refractivity contribution in [1.82, 2.24) is 0 Å². The van der Waals surface area contributed by atoms with Crippen LogP contribution in [0.5, 0.6) is 5.75 Å². The standard InChI is InChI=1S/C11H17NO2/c1-7-4-9(11(12)8(2)13)6-10(5-7)14-3/h4-6,8,11,13H,12H2,1-3H3/t8?,11-/m1/s1. The van der Waals surface area contributed by atoms with Crippen molar-refractivity contribution >= 4 is 0 Å². The fourth-order valence-electron chi connectivity index (χ4n) is 1.37. The van der Waals surface area contributed by atoms with Crippen molar-refractivity contribution in [1.29, 1.82) is 0 Å². The van der Waals surface area contributed by atoms with Gasteiger partial charge in [0, 0.05) is 0 Å². The van der Waals surface area contributed by atoms with E-state index in [1.807, 2.05) is 25.1 Å². The van der Waals surface area contributed by atoms with Crippen LogP contribution in [0.4, 0.5) is 0 Å². The molecular formula is C11H17NO2. The molecule has 0 aliphatic rings. The zero-order chi connectivity index (χ0) is 10.7. The molecule has 1 rings (SSSR count). The van der Waals surface area contributed by atoms with E-state index in [1.165, 1.54) is 0 Å². The van der Waals surface area contributed by atoms with Crippen LogP contribution in [0.2, 0.25) is 0 Å². The second-order valence-electron chi connectivity index (χ2n) is 3.55. The van der Waals surface area contributed by atoms with E-state index in [4.69, 9.17) is 10.5 Å². The van der Waals surface area contributed by atoms with Crippen molar-refractivity contribution in [3.8, 4) is 5.75 Å². The predicted molar refractivity (Wildman–Crippen MR) is 56.3 cm³/mol. The molecular weight excluding hydrogens is 178 g/mol. The number of aliphatic hydroxyl groups excluding tert-OH is 1. The van der Waals surface area contributed by atoms with Crippen LogP contribution in [-0.2, 0) is 0 Å². The molecule has 1 unspecified atom stereocenters. The third-order valence-electron chi connectivity index (χ3n) is 2.21. The summed E-state index contributed by atoms with van der Waals surface area (Å²) in [7, 11) is 1.62. The minimum Gasteiger partial charge on any atom is -0.497 e. The van der Waals surface area contributed by atoms with E-state index in [-0.39, 0.29) is 6.04 Å². The number of rotatable bonds is 3. The van der Waals surface area contributed by atoms with Crippen LogP contribution >= 0.6 is 0 Å². The van der Waals surface area contributed by atoms with Gasteiger partial charge in [-0.3, -0.25) is 0 Å². The van der Waals surface area contributed by atoms with E-state index in [0.717, 1.165) is 16.9 Å². The number of aliphatic hydroxyl groups is 1. The Morgan fingerprint density at radius 1 is 1.36 bits per heavy atom. The Kier molecular flexibility index (Phi) is 3.49. The van der Waals surface area contributed by atoms with Gasteiger partial charge < -0.3 is 15.6 Å². The highest BCUT2D eigenvalue weighted by Crippen LogP contribution is 2.22. The monoisotopic (exact) mass is 195 g/mol. The largest absolute Gasteiger partial charge is 0.497 e. The second-order valence-corrected chi connectivity index (χ2v) is 3.55. The Morgan fingerprint density at radius 3 is 2.50 bits per heavy atom. The molecule has 0 aromatic heterocycles. The van der Waals surface area contributed by atoms with Crippen LogP contribution in [-0.4, -0.2) is 18.3 Å².